The van der Waals surface area contributed by atoms with Gasteiger partial charge < -0.3 is 10.2 Å². The Morgan fingerprint density at radius 2 is 1.72 bits per heavy atom. The number of nitrogens with one attached hydrogen (secondary N) is 1. The van der Waals surface area contributed by atoms with Gasteiger partial charge in [0, 0.05) is 22.3 Å². The monoisotopic (exact) mass is 412 g/mol. The zero-order valence-electron chi connectivity index (χ0n) is 16.9. The van der Waals surface area contributed by atoms with Crippen molar-refractivity contribution in [3.63, 3.8) is 0 Å². The van der Waals surface area contributed by atoms with Crippen LogP contribution in [0, 0.1) is 5.82 Å². The van der Waals surface area contributed by atoms with E-state index in [2.05, 4.69) is 5.32 Å². The van der Waals surface area contributed by atoms with Gasteiger partial charge in [-0.05, 0) is 73.8 Å². The predicted molar refractivity (Wildman–Crippen MR) is 115 cm³/mol. The Hall–Kier alpha value is -1.88. The minimum absolute atomic E-state index is 0.0447. The van der Waals surface area contributed by atoms with E-state index in [0.29, 0.717) is 6.04 Å². The molecule has 1 unspecified atom stereocenters. The van der Waals surface area contributed by atoms with E-state index in [0.717, 1.165) is 37.8 Å². The SMILES string of the molecule is O=C(NC1CCCCC1)N1CCc2c(sc3c2CCCC3)C1c1ccc(F)cc1. The molecule has 3 nitrogen and oxygen atoms in total. The van der Waals surface area contributed by atoms with Crippen molar-refractivity contribution in [1.29, 1.82) is 0 Å². The van der Waals surface area contributed by atoms with Crippen molar-refractivity contribution >= 4 is 17.4 Å². The standard InChI is InChI=1S/C24H29FN2OS/c25-17-12-10-16(11-13-17)22-23-20(19-8-4-5-9-21(19)29-23)14-15-27(22)24(28)26-18-6-2-1-3-7-18/h10-13,18,22H,1-9,14-15H2,(H,26,28). The maximum Gasteiger partial charge on any atom is 0.318 e. The molecule has 0 saturated heterocycles. The third kappa shape index (κ3) is 3.70. The first-order valence-electron chi connectivity index (χ1n) is 11.2. The number of rotatable bonds is 2. The molecule has 1 atom stereocenters. The minimum atomic E-state index is -0.228. The summed E-state index contributed by atoms with van der Waals surface area (Å²) in [4.78, 5) is 18.2. The Balaban J connectivity index is 1.49. The van der Waals surface area contributed by atoms with Gasteiger partial charge in [-0.15, -0.1) is 11.3 Å². The summed E-state index contributed by atoms with van der Waals surface area (Å²) in [5, 5.41) is 3.31. The first kappa shape index (κ1) is 19.1. The number of thiophene rings is 1. The average Bonchev–Trinajstić information content (AvgIpc) is 3.13. The van der Waals surface area contributed by atoms with Crippen molar-refractivity contribution in [3.05, 3.63) is 56.5 Å². The maximum absolute atomic E-state index is 13.6. The van der Waals surface area contributed by atoms with Crippen LogP contribution >= 0.6 is 11.3 Å². The number of carbonyl (C=O) groups excluding carboxylic acids is 1. The second kappa shape index (κ2) is 8.10. The molecule has 1 aliphatic heterocycles. The zero-order chi connectivity index (χ0) is 19.8. The van der Waals surface area contributed by atoms with Crippen molar-refractivity contribution < 1.29 is 9.18 Å². The lowest BCUT2D eigenvalue weighted by molar-refractivity contribution is 0.174. The van der Waals surface area contributed by atoms with Gasteiger partial charge in [-0.2, -0.15) is 0 Å². The maximum atomic E-state index is 13.6. The lowest BCUT2D eigenvalue weighted by Gasteiger charge is -2.37. The first-order valence-corrected chi connectivity index (χ1v) is 12.0. The average molecular weight is 413 g/mol. The summed E-state index contributed by atoms with van der Waals surface area (Å²) in [6, 6.07) is 7.00. The summed E-state index contributed by atoms with van der Waals surface area (Å²) in [6.45, 7) is 0.733. The number of urea groups is 1. The molecule has 0 bridgehead atoms. The van der Waals surface area contributed by atoms with Gasteiger partial charge in [0.2, 0.25) is 0 Å². The molecule has 154 valence electrons. The molecule has 0 radical (unpaired) electrons. The summed E-state index contributed by atoms with van der Waals surface area (Å²) < 4.78 is 13.6. The van der Waals surface area contributed by atoms with Crippen molar-refractivity contribution in [2.75, 3.05) is 6.54 Å². The molecule has 5 rings (SSSR count). The molecule has 2 heterocycles. The molecule has 1 aromatic carbocycles. The molecule has 2 aliphatic carbocycles. The van der Waals surface area contributed by atoms with Gasteiger partial charge in [-0.1, -0.05) is 31.4 Å². The second-order valence-corrected chi connectivity index (χ2v) is 9.87. The number of fused-ring (bicyclic) bond motifs is 3. The number of carbonyl (C=O) groups is 1. The Labute approximate surface area is 176 Å². The zero-order valence-corrected chi connectivity index (χ0v) is 17.7. The van der Waals surface area contributed by atoms with Gasteiger partial charge in [0.25, 0.3) is 0 Å². The van der Waals surface area contributed by atoms with Crippen LogP contribution in [0.3, 0.4) is 0 Å². The highest BCUT2D eigenvalue weighted by Crippen LogP contribution is 2.45. The first-order chi connectivity index (χ1) is 14.2. The molecule has 1 aromatic heterocycles. The summed E-state index contributed by atoms with van der Waals surface area (Å²) in [7, 11) is 0. The highest BCUT2D eigenvalue weighted by atomic mass is 32.1. The van der Waals surface area contributed by atoms with E-state index in [4.69, 9.17) is 0 Å². The minimum Gasteiger partial charge on any atom is -0.335 e. The lowest BCUT2D eigenvalue weighted by atomic mass is 9.88. The van der Waals surface area contributed by atoms with E-state index in [1.807, 2.05) is 28.4 Å². The van der Waals surface area contributed by atoms with Crippen LogP contribution in [0.15, 0.2) is 24.3 Å². The Kier molecular flexibility index (Phi) is 5.33. The molecule has 1 saturated carbocycles. The van der Waals surface area contributed by atoms with Crippen molar-refractivity contribution in [2.24, 2.45) is 0 Å². The molecule has 29 heavy (non-hydrogen) atoms. The van der Waals surface area contributed by atoms with Crippen LogP contribution in [-0.2, 0) is 19.3 Å². The highest BCUT2D eigenvalue weighted by Gasteiger charge is 2.37. The van der Waals surface area contributed by atoms with Gasteiger partial charge >= 0.3 is 6.03 Å². The van der Waals surface area contributed by atoms with E-state index >= 15 is 0 Å². The number of benzene rings is 1. The summed E-state index contributed by atoms with van der Waals surface area (Å²) in [5.74, 6) is -0.228. The fourth-order valence-electron chi connectivity index (χ4n) is 5.35. The van der Waals surface area contributed by atoms with Gasteiger partial charge in [0.1, 0.15) is 5.82 Å². The van der Waals surface area contributed by atoms with E-state index < -0.39 is 0 Å². The molecule has 1 fully saturated rings. The highest BCUT2D eigenvalue weighted by molar-refractivity contribution is 7.12. The Morgan fingerprint density at radius 1 is 0.966 bits per heavy atom. The van der Waals surface area contributed by atoms with Crippen LogP contribution in [0.25, 0.3) is 0 Å². The number of nitrogens with zero attached hydrogens (tertiary/aromatic N) is 1. The van der Waals surface area contributed by atoms with Crippen molar-refractivity contribution in [1.82, 2.24) is 10.2 Å². The fraction of sp³-hybridized carbons (Fsp3) is 0.542. The number of hydrogen-bond acceptors (Lipinski definition) is 2. The smallest absolute Gasteiger partial charge is 0.318 e. The van der Waals surface area contributed by atoms with E-state index in [-0.39, 0.29) is 17.9 Å². The normalized spacial score (nSPS) is 22.1. The quantitative estimate of drug-likeness (QED) is 0.669. The van der Waals surface area contributed by atoms with E-state index in [9.17, 15) is 9.18 Å². The topological polar surface area (TPSA) is 32.3 Å². The molecular formula is C24H29FN2OS. The Bertz CT molecular complexity index is 885. The Morgan fingerprint density at radius 3 is 2.52 bits per heavy atom. The fourth-order valence-corrected chi connectivity index (χ4v) is 6.93. The van der Waals surface area contributed by atoms with E-state index in [1.165, 1.54) is 66.0 Å². The second-order valence-electron chi connectivity index (χ2n) is 8.74. The van der Waals surface area contributed by atoms with Gasteiger partial charge in [-0.3, -0.25) is 0 Å². The summed E-state index contributed by atoms with van der Waals surface area (Å²) >= 11 is 1.90. The number of aryl methyl sites for hydroxylation is 1. The van der Waals surface area contributed by atoms with Crippen LogP contribution in [0.5, 0.6) is 0 Å². The van der Waals surface area contributed by atoms with Crippen LogP contribution in [0.4, 0.5) is 9.18 Å². The molecule has 2 aromatic rings. The molecule has 2 amide bonds. The number of amides is 2. The number of hydrogen-bond donors (Lipinski definition) is 1. The van der Waals surface area contributed by atoms with E-state index in [1.54, 1.807) is 5.56 Å². The number of halogens is 1. The lowest BCUT2D eigenvalue weighted by Crippen LogP contribution is -2.49. The molecule has 0 spiro atoms. The largest absolute Gasteiger partial charge is 0.335 e. The molecule has 3 aliphatic rings. The van der Waals surface area contributed by atoms with Gasteiger partial charge in [-0.25, -0.2) is 9.18 Å². The van der Waals surface area contributed by atoms with Crippen LogP contribution in [0.2, 0.25) is 0 Å². The van der Waals surface area contributed by atoms with Gasteiger partial charge in [0.15, 0.2) is 0 Å². The van der Waals surface area contributed by atoms with Crippen molar-refractivity contribution in [3.8, 4) is 0 Å². The molecular weight excluding hydrogens is 383 g/mol. The molecule has 1 N–H and O–H groups in total. The van der Waals surface area contributed by atoms with Crippen LogP contribution in [-0.4, -0.2) is 23.5 Å². The summed E-state index contributed by atoms with van der Waals surface area (Å²) in [6.07, 6.45) is 11.7. The molecule has 5 heteroatoms. The van der Waals surface area contributed by atoms with Crippen molar-refractivity contribution in [2.45, 2.75) is 76.3 Å². The third-order valence-corrected chi connectivity index (χ3v) is 8.24. The van der Waals surface area contributed by atoms with Crippen LogP contribution < -0.4 is 5.32 Å². The summed E-state index contributed by atoms with van der Waals surface area (Å²) in [5.41, 5.74) is 4.04. The predicted octanol–water partition coefficient (Wildman–Crippen LogP) is 5.76. The third-order valence-electron chi connectivity index (χ3n) is 6.85. The van der Waals surface area contributed by atoms with Crippen LogP contribution in [0.1, 0.15) is 77.4 Å². The van der Waals surface area contributed by atoms with Gasteiger partial charge in [0.05, 0.1) is 6.04 Å².